The van der Waals surface area contributed by atoms with Crippen LogP contribution in [0.15, 0.2) is 0 Å². The van der Waals surface area contributed by atoms with E-state index in [1.807, 2.05) is 0 Å². The fraction of sp³-hybridized carbons (Fsp3) is 0.889. The van der Waals surface area contributed by atoms with E-state index in [2.05, 4.69) is 25.0 Å². The maximum Gasteiger partial charge on any atom is 0.133 e. The van der Waals surface area contributed by atoms with Crippen molar-refractivity contribution in [2.45, 2.75) is 24.0 Å². The first-order chi connectivity index (χ1) is 4.78. The molecule has 0 amide bonds. The number of hydrogen-bond donors (Lipinski definition) is 1. The number of thiol groups is 1. The second-order valence-electron chi connectivity index (χ2n) is 5.65. The molecule has 2 heteroatoms. The number of hydrogen-bond acceptors (Lipinski definition) is 1. The summed E-state index contributed by atoms with van der Waals surface area (Å²) in [6, 6.07) is 0. The summed E-state index contributed by atoms with van der Waals surface area (Å²) in [5, 5.41) is 0. The van der Waals surface area contributed by atoms with Gasteiger partial charge in [-0.15, -0.1) is 0 Å². The zero-order valence-electron chi connectivity index (χ0n) is 8.05. The topological polar surface area (TPSA) is 17.1 Å². The lowest BCUT2D eigenvalue weighted by molar-refractivity contribution is -0.111. The van der Waals surface area contributed by atoms with Crippen molar-refractivity contribution < 1.29 is 4.79 Å². The monoisotopic (exact) mass is 176 g/mol. The summed E-state index contributed by atoms with van der Waals surface area (Å²) in [6.45, 7) is 0. The van der Waals surface area contributed by atoms with Gasteiger partial charge in [0, 0.05) is 4.75 Å². The molecular formula is C9H20OS. The maximum atomic E-state index is 11.0. The van der Waals surface area contributed by atoms with Crippen molar-refractivity contribution in [1.29, 1.82) is 0 Å². The van der Waals surface area contributed by atoms with Crippen LogP contribution in [0.1, 0.15) is 19.3 Å². The van der Waals surface area contributed by atoms with E-state index in [1.54, 1.807) is 0 Å². The van der Waals surface area contributed by atoms with Crippen LogP contribution < -0.4 is 0 Å². The van der Waals surface area contributed by atoms with Crippen LogP contribution in [-0.4, -0.2) is 36.1 Å². The van der Waals surface area contributed by atoms with E-state index in [0.717, 1.165) is 12.8 Å². The van der Waals surface area contributed by atoms with Crippen molar-refractivity contribution >= 4 is 15.4 Å². The second-order valence-corrected chi connectivity index (χ2v) is 13.7. The smallest absolute Gasteiger partial charge is 0.133 e. The molecule has 1 aliphatic carbocycles. The Bertz CT molecular complexity index is 174. The molecule has 0 radical (unpaired) electrons. The first kappa shape index (κ1) is 9.11. The lowest BCUT2D eigenvalue weighted by Crippen LogP contribution is -2.49. The van der Waals surface area contributed by atoms with Crippen LogP contribution in [0.5, 0.6) is 0 Å². The second kappa shape index (κ2) is 2.03. The summed E-state index contributed by atoms with van der Waals surface area (Å²) in [7, 11) is -1.65. The average molecular weight is 176 g/mol. The van der Waals surface area contributed by atoms with Crippen molar-refractivity contribution in [3.63, 3.8) is 0 Å². The van der Waals surface area contributed by atoms with Gasteiger partial charge in [0.1, 0.15) is 6.29 Å². The van der Waals surface area contributed by atoms with E-state index in [4.69, 9.17) is 0 Å². The Hall–Kier alpha value is 0.0200. The van der Waals surface area contributed by atoms with Crippen molar-refractivity contribution in [1.82, 2.24) is 0 Å². The molecule has 0 heterocycles. The number of carbonyl (C=O) groups excluding carboxylic acids is 1. The number of rotatable bonds is 2. The minimum atomic E-state index is -1.65. The minimum Gasteiger partial charge on any atom is -0.302 e. The molecule has 0 aliphatic heterocycles. The molecule has 1 saturated carbocycles. The molecule has 0 atom stereocenters. The van der Waals surface area contributed by atoms with Crippen LogP contribution in [0.4, 0.5) is 0 Å². The molecule has 1 fully saturated rings. The Kier molecular flexibility index (Phi) is 1.68. The molecule has 68 valence electrons. The van der Waals surface area contributed by atoms with E-state index < -0.39 is 9.16 Å². The predicted molar refractivity (Wildman–Crippen MR) is 55.3 cm³/mol. The summed E-state index contributed by atoms with van der Waals surface area (Å²) in [5.74, 6) is 0. The molecule has 11 heavy (non-hydrogen) atoms. The third-order valence-corrected chi connectivity index (χ3v) is 7.34. The molecule has 0 aromatic carbocycles. The van der Waals surface area contributed by atoms with Crippen LogP contribution in [0, 0.1) is 0 Å². The largest absolute Gasteiger partial charge is 0.302 e. The molecule has 0 unspecified atom stereocenters. The van der Waals surface area contributed by atoms with Crippen molar-refractivity contribution in [3.05, 3.63) is 0 Å². The SMILES string of the molecule is C[SH](C)(C)(C)C1(C=O)CCC1. The van der Waals surface area contributed by atoms with Crippen LogP contribution in [0.2, 0.25) is 0 Å². The van der Waals surface area contributed by atoms with Gasteiger partial charge in [-0.2, -0.15) is 0 Å². The minimum absolute atomic E-state index is 0.0889. The standard InChI is InChI=1S/C9H20OS/c1-11(2,3,4)9(8-10)6-5-7-9/h8,11H,5-7H2,1-4H3. The van der Waals surface area contributed by atoms with Crippen molar-refractivity contribution in [3.8, 4) is 0 Å². The molecular weight excluding hydrogens is 156 g/mol. The molecule has 0 saturated heterocycles. The predicted octanol–water partition coefficient (Wildman–Crippen LogP) is 1.70. The summed E-state index contributed by atoms with van der Waals surface area (Å²) >= 11 is 0. The summed E-state index contributed by atoms with van der Waals surface area (Å²) in [5.41, 5.74) is 0. The summed E-state index contributed by atoms with van der Waals surface area (Å²) < 4.78 is 0.0889. The molecule has 1 nitrogen and oxygen atoms in total. The van der Waals surface area contributed by atoms with Crippen LogP contribution >= 0.6 is 9.16 Å². The van der Waals surface area contributed by atoms with E-state index in [9.17, 15) is 4.79 Å². The quantitative estimate of drug-likeness (QED) is 0.500. The highest BCUT2D eigenvalue weighted by molar-refractivity contribution is 8.49. The van der Waals surface area contributed by atoms with Crippen LogP contribution in [-0.2, 0) is 4.79 Å². The number of aldehydes is 1. The fourth-order valence-corrected chi connectivity index (χ4v) is 4.29. The van der Waals surface area contributed by atoms with Gasteiger partial charge in [-0.3, -0.25) is 9.16 Å². The van der Waals surface area contributed by atoms with Crippen molar-refractivity contribution in [2.75, 3.05) is 25.0 Å². The third-order valence-electron chi connectivity index (χ3n) is 3.22. The van der Waals surface area contributed by atoms with Gasteiger partial charge in [-0.1, -0.05) is 6.42 Å². The van der Waals surface area contributed by atoms with Gasteiger partial charge < -0.3 is 4.79 Å². The van der Waals surface area contributed by atoms with E-state index in [1.165, 1.54) is 12.7 Å². The first-order valence-electron chi connectivity index (χ1n) is 4.24. The highest BCUT2D eigenvalue weighted by Crippen LogP contribution is 2.72. The van der Waals surface area contributed by atoms with Gasteiger partial charge in [-0.05, 0) is 37.9 Å². The fourth-order valence-electron chi connectivity index (χ4n) is 1.76. The lowest BCUT2D eigenvalue weighted by atomic mass is 9.86. The molecule has 0 aromatic rings. The highest BCUT2D eigenvalue weighted by atomic mass is 32.3. The first-order valence-corrected chi connectivity index (χ1v) is 8.27. The molecule has 1 aliphatic rings. The van der Waals surface area contributed by atoms with E-state index >= 15 is 0 Å². The van der Waals surface area contributed by atoms with Gasteiger partial charge in [0.25, 0.3) is 0 Å². The Morgan fingerprint density at radius 3 is 1.64 bits per heavy atom. The van der Waals surface area contributed by atoms with Gasteiger partial charge in [0.05, 0.1) is 0 Å². The Morgan fingerprint density at radius 2 is 1.64 bits per heavy atom. The van der Waals surface area contributed by atoms with Crippen molar-refractivity contribution in [2.24, 2.45) is 0 Å². The third kappa shape index (κ3) is 1.22. The van der Waals surface area contributed by atoms with Gasteiger partial charge in [-0.25, -0.2) is 0 Å². The number of carbonyl (C=O) groups is 1. The van der Waals surface area contributed by atoms with Crippen LogP contribution in [0.3, 0.4) is 0 Å². The summed E-state index contributed by atoms with van der Waals surface area (Å²) in [4.78, 5) is 11.0. The molecule has 0 spiro atoms. The summed E-state index contributed by atoms with van der Waals surface area (Å²) in [6.07, 6.45) is 14.0. The Balaban J connectivity index is 2.95. The molecule has 0 bridgehead atoms. The average Bonchev–Trinajstić information content (AvgIpc) is 1.55. The molecule has 0 aromatic heterocycles. The van der Waals surface area contributed by atoms with Gasteiger partial charge in [0.15, 0.2) is 0 Å². The molecule has 0 N–H and O–H groups in total. The van der Waals surface area contributed by atoms with Gasteiger partial charge >= 0.3 is 0 Å². The molecule has 1 rings (SSSR count). The highest BCUT2D eigenvalue weighted by Gasteiger charge is 2.50. The normalized spacial score (nSPS) is 26.4. The lowest BCUT2D eigenvalue weighted by Gasteiger charge is -2.64. The van der Waals surface area contributed by atoms with Crippen LogP contribution in [0.25, 0.3) is 0 Å². The van der Waals surface area contributed by atoms with E-state index in [-0.39, 0.29) is 4.75 Å². The maximum absolute atomic E-state index is 11.0. The zero-order valence-corrected chi connectivity index (χ0v) is 8.95. The Morgan fingerprint density at radius 1 is 1.18 bits per heavy atom. The zero-order chi connectivity index (χ0) is 8.78. The Labute approximate surface area is 69.8 Å². The van der Waals surface area contributed by atoms with E-state index in [0.29, 0.717) is 0 Å². The van der Waals surface area contributed by atoms with Gasteiger partial charge in [0.2, 0.25) is 0 Å².